The summed E-state index contributed by atoms with van der Waals surface area (Å²) in [5.41, 5.74) is 0.609. The van der Waals surface area contributed by atoms with Gasteiger partial charge in [-0.25, -0.2) is 0 Å². The second-order valence-electron chi connectivity index (χ2n) is 3.89. The van der Waals surface area contributed by atoms with E-state index in [0.29, 0.717) is 6.61 Å². The van der Waals surface area contributed by atoms with Crippen LogP contribution in [0.4, 0.5) is 0 Å². The molecule has 1 heterocycles. The maximum absolute atomic E-state index is 5.71. The minimum atomic E-state index is -0.292. The molecule has 0 spiro atoms. The summed E-state index contributed by atoms with van der Waals surface area (Å²) in [6.45, 7) is 6.77. The molecule has 4 nitrogen and oxygen atoms in total. The van der Waals surface area contributed by atoms with E-state index in [-0.39, 0.29) is 11.6 Å². The van der Waals surface area contributed by atoms with Gasteiger partial charge in [-0.3, -0.25) is 9.97 Å². The molecule has 4 heteroatoms. The predicted molar refractivity (Wildman–Crippen MR) is 59.5 cm³/mol. The number of nitrogens with zero attached hydrogens (tertiary/aromatic N) is 2. The van der Waals surface area contributed by atoms with Crippen molar-refractivity contribution >= 4 is 0 Å². The Labute approximate surface area is 91.1 Å². The van der Waals surface area contributed by atoms with E-state index in [1.54, 1.807) is 18.6 Å². The molecular weight excluding hydrogens is 190 g/mol. The third-order valence-electron chi connectivity index (χ3n) is 2.38. The van der Waals surface area contributed by atoms with E-state index in [0.717, 1.165) is 5.69 Å². The lowest BCUT2D eigenvalue weighted by molar-refractivity contribution is -0.0385. The van der Waals surface area contributed by atoms with Crippen molar-refractivity contribution in [3.63, 3.8) is 0 Å². The van der Waals surface area contributed by atoms with Crippen LogP contribution in [0.25, 0.3) is 0 Å². The van der Waals surface area contributed by atoms with E-state index < -0.39 is 0 Å². The summed E-state index contributed by atoms with van der Waals surface area (Å²) >= 11 is 0. The average molecular weight is 209 g/mol. The highest BCUT2D eigenvalue weighted by Crippen LogP contribution is 2.26. The van der Waals surface area contributed by atoms with Gasteiger partial charge in [0.1, 0.15) is 0 Å². The lowest BCUT2D eigenvalue weighted by atomic mass is 9.96. The van der Waals surface area contributed by atoms with Gasteiger partial charge in [0, 0.05) is 19.0 Å². The minimum absolute atomic E-state index is 0.0474. The fourth-order valence-electron chi connectivity index (χ4n) is 1.77. The van der Waals surface area contributed by atoms with Gasteiger partial charge in [-0.1, -0.05) is 0 Å². The van der Waals surface area contributed by atoms with Crippen molar-refractivity contribution in [3.05, 3.63) is 24.3 Å². The Kier molecular flexibility index (Phi) is 4.17. The summed E-state index contributed by atoms with van der Waals surface area (Å²) in [6, 6.07) is 0.0474. The van der Waals surface area contributed by atoms with E-state index in [1.807, 2.05) is 27.8 Å². The Morgan fingerprint density at radius 3 is 2.67 bits per heavy atom. The summed E-state index contributed by atoms with van der Waals surface area (Å²) in [7, 11) is 1.90. The van der Waals surface area contributed by atoms with Crippen LogP contribution in [0.2, 0.25) is 0 Å². The smallest absolute Gasteiger partial charge is 0.0836 e. The highest BCUT2D eigenvalue weighted by atomic mass is 16.5. The molecule has 0 amide bonds. The van der Waals surface area contributed by atoms with Crippen LogP contribution in [0, 0.1) is 0 Å². The van der Waals surface area contributed by atoms with Gasteiger partial charge in [-0.15, -0.1) is 0 Å². The number of rotatable bonds is 5. The molecule has 1 aromatic heterocycles. The van der Waals surface area contributed by atoms with Crippen molar-refractivity contribution in [2.75, 3.05) is 13.7 Å². The zero-order valence-electron chi connectivity index (χ0n) is 9.82. The molecule has 0 saturated heterocycles. The Bertz CT molecular complexity index is 287. The van der Waals surface area contributed by atoms with Gasteiger partial charge >= 0.3 is 0 Å². The second-order valence-corrected chi connectivity index (χ2v) is 3.89. The van der Waals surface area contributed by atoms with Crippen LogP contribution in [0.1, 0.15) is 32.5 Å². The summed E-state index contributed by atoms with van der Waals surface area (Å²) in [4.78, 5) is 8.36. The highest BCUT2D eigenvalue weighted by Gasteiger charge is 2.31. The Balaban J connectivity index is 2.89. The zero-order valence-corrected chi connectivity index (χ0v) is 9.82. The molecule has 0 saturated carbocycles. The van der Waals surface area contributed by atoms with Crippen LogP contribution in [0.3, 0.4) is 0 Å². The molecule has 0 aliphatic rings. The number of ether oxygens (including phenoxy) is 1. The molecule has 15 heavy (non-hydrogen) atoms. The molecule has 0 radical (unpaired) electrons. The highest BCUT2D eigenvalue weighted by molar-refractivity contribution is 5.07. The van der Waals surface area contributed by atoms with Gasteiger partial charge in [0.05, 0.1) is 23.5 Å². The lowest BCUT2D eigenvalue weighted by Crippen LogP contribution is -2.40. The van der Waals surface area contributed by atoms with Crippen LogP contribution in [-0.2, 0) is 4.74 Å². The third-order valence-corrected chi connectivity index (χ3v) is 2.38. The number of likely N-dealkylation sites (N-methyl/N-ethyl adjacent to an activating group) is 1. The molecule has 1 aromatic rings. The van der Waals surface area contributed by atoms with Crippen molar-refractivity contribution in [1.82, 2.24) is 15.3 Å². The maximum Gasteiger partial charge on any atom is 0.0836 e. The van der Waals surface area contributed by atoms with Gasteiger partial charge in [0.15, 0.2) is 0 Å². The van der Waals surface area contributed by atoms with Crippen molar-refractivity contribution < 1.29 is 4.74 Å². The van der Waals surface area contributed by atoms with E-state index in [4.69, 9.17) is 4.74 Å². The van der Waals surface area contributed by atoms with Gasteiger partial charge in [0.2, 0.25) is 0 Å². The molecule has 0 bridgehead atoms. The lowest BCUT2D eigenvalue weighted by Gasteiger charge is -2.33. The molecule has 0 fully saturated rings. The fourth-order valence-corrected chi connectivity index (χ4v) is 1.77. The van der Waals surface area contributed by atoms with Crippen molar-refractivity contribution in [2.45, 2.75) is 32.4 Å². The predicted octanol–water partition coefficient (Wildman–Crippen LogP) is 1.55. The molecule has 0 aliphatic heterocycles. The van der Waals surface area contributed by atoms with Crippen LogP contribution in [-0.4, -0.2) is 29.2 Å². The van der Waals surface area contributed by atoms with Gasteiger partial charge < -0.3 is 10.1 Å². The molecule has 0 aromatic carbocycles. The largest absolute Gasteiger partial charge is 0.374 e. The Morgan fingerprint density at radius 2 is 2.20 bits per heavy atom. The number of aromatic nitrogens is 2. The molecular formula is C11H19N3O. The van der Waals surface area contributed by atoms with E-state index >= 15 is 0 Å². The van der Waals surface area contributed by atoms with E-state index in [2.05, 4.69) is 15.3 Å². The first-order valence-corrected chi connectivity index (χ1v) is 5.19. The summed E-state index contributed by atoms with van der Waals surface area (Å²) in [5, 5.41) is 3.22. The topological polar surface area (TPSA) is 47.0 Å². The van der Waals surface area contributed by atoms with Crippen molar-refractivity contribution in [3.8, 4) is 0 Å². The maximum atomic E-state index is 5.71. The van der Waals surface area contributed by atoms with Crippen LogP contribution in [0.5, 0.6) is 0 Å². The van der Waals surface area contributed by atoms with E-state index in [1.165, 1.54) is 0 Å². The summed E-state index contributed by atoms with van der Waals surface area (Å²) < 4.78 is 5.71. The standard InChI is InChI=1S/C11H19N3O/c1-5-15-11(2,3)10(12-4)9-8-13-6-7-14-9/h6-8,10,12H,5H2,1-4H3. The summed E-state index contributed by atoms with van der Waals surface area (Å²) in [5.74, 6) is 0. The first-order valence-electron chi connectivity index (χ1n) is 5.19. The van der Waals surface area contributed by atoms with Gasteiger partial charge in [-0.2, -0.15) is 0 Å². The molecule has 1 atom stereocenters. The Morgan fingerprint density at radius 1 is 1.47 bits per heavy atom. The Hall–Kier alpha value is -1.00. The SMILES string of the molecule is CCOC(C)(C)C(NC)c1cnccn1. The quantitative estimate of drug-likeness (QED) is 0.799. The summed E-state index contributed by atoms with van der Waals surface area (Å²) in [6.07, 6.45) is 5.13. The zero-order chi connectivity index (χ0) is 11.3. The molecule has 1 rings (SSSR count). The van der Waals surface area contributed by atoms with Crippen molar-refractivity contribution in [2.24, 2.45) is 0 Å². The number of hydrogen-bond acceptors (Lipinski definition) is 4. The first kappa shape index (κ1) is 12.1. The van der Waals surface area contributed by atoms with Gasteiger partial charge in [0.25, 0.3) is 0 Å². The van der Waals surface area contributed by atoms with Gasteiger partial charge in [-0.05, 0) is 27.8 Å². The van der Waals surface area contributed by atoms with Crippen LogP contribution < -0.4 is 5.32 Å². The van der Waals surface area contributed by atoms with E-state index in [9.17, 15) is 0 Å². The molecule has 84 valence electrons. The first-order chi connectivity index (χ1) is 7.11. The second kappa shape index (κ2) is 5.19. The molecule has 1 N–H and O–H groups in total. The number of nitrogens with one attached hydrogen (secondary N) is 1. The van der Waals surface area contributed by atoms with Crippen molar-refractivity contribution in [1.29, 1.82) is 0 Å². The number of hydrogen-bond donors (Lipinski definition) is 1. The van der Waals surface area contributed by atoms with Crippen LogP contribution in [0.15, 0.2) is 18.6 Å². The fraction of sp³-hybridized carbons (Fsp3) is 0.636. The minimum Gasteiger partial charge on any atom is -0.374 e. The monoisotopic (exact) mass is 209 g/mol. The molecule has 1 unspecified atom stereocenters. The normalized spacial score (nSPS) is 13.9. The third kappa shape index (κ3) is 2.97. The van der Waals surface area contributed by atoms with Crippen LogP contribution >= 0.6 is 0 Å². The average Bonchev–Trinajstić information content (AvgIpc) is 2.19. The molecule has 0 aliphatic carbocycles.